The number of nitrogens with one attached hydrogen (secondary N) is 1. The molecule has 0 spiro atoms. The minimum absolute atomic E-state index is 0.283. The van der Waals surface area contributed by atoms with Crippen LogP contribution in [-0.4, -0.2) is 28.1 Å². The van der Waals surface area contributed by atoms with Crippen LogP contribution in [0.4, 0.5) is 5.69 Å². The summed E-state index contributed by atoms with van der Waals surface area (Å²) >= 11 is 7.10. The highest BCUT2D eigenvalue weighted by molar-refractivity contribution is 7.13. The molecule has 6 nitrogen and oxygen atoms in total. The van der Waals surface area contributed by atoms with E-state index in [9.17, 15) is 4.79 Å². The van der Waals surface area contributed by atoms with E-state index in [1.807, 2.05) is 24.1 Å². The summed E-state index contributed by atoms with van der Waals surface area (Å²) in [5, 5.41) is 12.5. The van der Waals surface area contributed by atoms with Gasteiger partial charge in [0, 0.05) is 10.7 Å². The molecule has 0 atom stereocenters. The Kier molecular flexibility index (Phi) is 5.24. The molecule has 2 aromatic heterocycles. The minimum Gasteiger partial charge on any atom is -0.468 e. The van der Waals surface area contributed by atoms with Crippen molar-refractivity contribution < 1.29 is 9.21 Å². The molecule has 24 heavy (non-hydrogen) atoms. The summed E-state index contributed by atoms with van der Waals surface area (Å²) in [5.74, 6) is 0.595. The molecule has 1 aromatic carbocycles. The predicted octanol–water partition coefficient (Wildman–Crippen LogP) is 3.67. The smallest absolute Gasteiger partial charge is 0.286 e. The SMILES string of the molecule is CN(Cc1ccco1)Cc1nnc(C(=O)Nc2ccc(Cl)cc2)s1. The molecule has 0 aliphatic heterocycles. The van der Waals surface area contributed by atoms with Gasteiger partial charge in [0.15, 0.2) is 0 Å². The Morgan fingerprint density at radius 3 is 2.75 bits per heavy atom. The van der Waals surface area contributed by atoms with Crippen LogP contribution in [0.15, 0.2) is 47.1 Å². The van der Waals surface area contributed by atoms with Crippen molar-refractivity contribution in [2.75, 3.05) is 12.4 Å². The third-order valence-corrected chi connectivity index (χ3v) is 4.33. The number of nitrogens with zero attached hydrogens (tertiary/aromatic N) is 3. The third kappa shape index (κ3) is 4.41. The highest BCUT2D eigenvalue weighted by Gasteiger charge is 2.14. The lowest BCUT2D eigenvalue weighted by molar-refractivity contribution is 0.102. The van der Waals surface area contributed by atoms with E-state index in [2.05, 4.69) is 15.5 Å². The number of furan rings is 1. The summed E-state index contributed by atoms with van der Waals surface area (Å²) in [7, 11) is 1.96. The van der Waals surface area contributed by atoms with Crippen LogP contribution >= 0.6 is 22.9 Å². The molecule has 1 amide bonds. The number of rotatable bonds is 6. The van der Waals surface area contributed by atoms with Crippen molar-refractivity contribution in [2.24, 2.45) is 0 Å². The molecule has 0 radical (unpaired) electrons. The molecule has 0 saturated heterocycles. The highest BCUT2D eigenvalue weighted by Crippen LogP contribution is 2.17. The van der Waals surface area contributed by atoms with Gasteiger partial charge in [-0.2, -0.15) is 0 Å². The molecule has 0 fully saturated rings. The Morgan fingerprint density at radius 1 is 1.25 bits per heavy atom. The van der Waals surface area contributed by atoms with Crippen molar-refractivity contribution in [3.8, 4) is 0 Å². The van der Waals surface area contributed by atoms with Crippen LogP contribution in [0.1, 0.15) is 20.6 Å². The zero-order valence-corrected chi connectivity index (χ0v) is 14.5. The molecule has 2 heterocycles. The van der Waals surface area contributed by atoms with Gasteiger partial charge in [-0.15, -0.1) is 10.2 Å². The highest BCUT2D eigenvalue weighted by atomic mass is 35.5. The van der Waals surface area contributed by atoms with Gasteiger partial charge in [-0.3, -0.25) is 9.69 Å². The summed E-state index contributed by atoms with van der Waals surface area (Å²) in [5.41, 5.74) is 0.663. The lowest BCUT2D eigenvalue weighted by Crippen LogP contribution is -2.16. The number of carbonyl (C=O) groups is 1. The quantitative estimate of drug-likeness (QED) is 0.724. The van der Waals surface area contributed by atoms with E-state index < -0.39 is 0 Å². The summed E-state index contributed by atoms with van der Waals surface area (Å²) in [6.45, 7) is 1.26. The van der Waals surface area contributed by atoms with Gasteiger partial charge in [-0.1, -0.05) is 22.9 Å². The van der Waals surface area contributed by atoms with E-state index in [0.717, 1.165) is 10.8 Å². The zero-order chi connectivity index (χ0) is 16.9. The van der Waals surface area contributed by atoms with Gasteiger partial charge in [-0.05, 0) is 43.4 Å². The largest absolute Gasteiger partial charge is 0.468 e. The Morgan fingerprint density at radius 2 is 2.04 bits per heavy atom. The third-order valence-electron chi connectivity index (χ3n) is 3.17. The second-order valence-electron chi connectivity index (χ2n) is 5.21. The number of hydrogen-bond donors (Lipinski definition) is 1. The lowest BCUT2D eigenvalue weighted by atomic mass is 10.3. The van der Waals surface area contributed by atoms with E-state index in [1.54, 1.807) is 30.5 Å². The van der Waals surface area contributed by atoms with Gasteiger partial charge in [0.25, 0.3) is 5.91 Å². The van der Waals surface area contributed by atoms with Crippen molar-refractivity contribution in [2.45, 2.75) is 13.1 Å². The van der Waals surface area contributed by atoms with E-state index in [-0.39, 0.29) is 5.91 Å². The minimum atomic E-state index is -0.283. The molecule has 124 valence electrons. The summed E-state index contributed by atoms with van der Waals surface area (Å²) in [4.78, 5) is 14.2. The van der Waals surface area contributed by atoms with E-state index >= 15 is 0 Å². The molecule has 0 aliphatic carbocycles. The number of amides is 1. The van der Waals surface area contributed by atoms with Crippen LogP contribution in [-0.2, 0) is 13.1 Å². The molecule has 0 saturated carbocycles. The van der Waals surface area contributed by atoms with Gasteiger partial charge in [0.05, 0.1) is 19.4 Å². The second kappa shape index (κ2) is 7.57. The number of hydrogen-bond acceptors (Lipinski definition) is 6. The molecule has 3 rings (SSSR count). The molecule has 8 heteroatoms. The Balaban J connectivity index is 1.58. The maximum atomic E-state index is 12.2. The summed E-state index contributed by atoms with van der Waals surface area (Å²) in [6, 6.07) is 10.7. The van der Waals surface area contributed by atoms with Crippen molar-refractivity contribution in [3.05, 3.63) is 63.5 Å². The molecule has 0 bridgehead atoms. The topological polar surface area (TPSA) is 71.3 Å². The Hall–Kier alpha value is -2.22. The fraction of sp³-hybridized carbons (Fsp3) is 0.188. The number of carbonyl (C=O) groups excluding carboxylic acids is 1. The Bertz CT molecular complexity index is 802. The van der Waals surface area contributed by atoms with Gasteiger partial charge in [-0.25, -0.2) is 0 Å². The number of anilines is 1. The van der Waals surface area contributed by atoms with Gasteiger partial charge in [0.2, 0.25) is 5.01 Å². The Labute approximate surface area is 148 Å². The van der Waals surface area contributed by atoms with Crippen LogP contribution in [0.2, 0.25) is 5.02 Å². The van der Waals surface area contributed by atoms with E-state index in [0.29, 0.717) is 28.8 Å². The first-order valence-electron chi connectivity index (χ1n) is 7.20. The molecule has 3 aromatic rings. The van der Waals surface area contributed by atoms with Crippen molar-refractivity contribution >= 4 is 34.5 Å². The summed E-state index contributed by atoms with van der Waals surface area (Å²) in [6.07, 6.45) is 1.65. The molecular weight excluding hydrogens is 348 g/mol. The van der Waals surface area contributed by atoms with Crippen LogP contribution in [0, 0.1) is 0 Å². The number of halogens is 1. The maximum Gasteiger partial charge on any atom is 0.286 e. The van der Waals surface area contributed by atoms with Crippen LogP contribution in [0.5, 0.6) is 0 Å². The molecule has 0 unspecified atom stereocenters. The van der Waals surface area contributed by atoms with Crippen LogP contribution in [0.3, 0.4) is 0 Å². The molecular formula is C16H15ClN4O2S. The summed E-state index contributed by atoms with van der Waals surface area (Å²) < 4.78 is 5.31. The van der Waals surface area contributed by atoms with Gasteiger partial charge in [0.1, 0.15) is 10.8 Å². The van der Waals surface area contributed by atoms with Crippen LogP contribution < -0.4 is 5.32 Å². The standard InChI is InChI=1S/C16H15ClN4O2S/c1-21(9-13-3-2-8-23-13)10-14-19-20-16(24-14)15(22)18-12-6-4-11(17)5-7-12/h2-8H,9-10H2,1H3,(H,18,22). The van der Waals surface area contributed by atoms with Crippen molar-refractivity contribution in [1.29, 1.82) is 0 Å². The molecule has 1 N–H and O–H groups in total. The lowest BCUT2D eigenvalue weighted by Gasteiger charge is -2.12. The monoisotopic (exact) mass is 362 g/mol. The normalized spacial score (nSPS) is 11.0. The van der Waals surface area contributed by atoms with E-state index in [4.69, 9.17) is 16.0 Å². The number of aromatic nitrogens is 2. The van der Waals surface area contributed by atoms with E-state index in [1.165, 1.54) is 11.3 Å². The molecule has 0 aliphatic rings. The number of benzene rings is 1. The average Bonchev–Trinajstić information content (AvgIpc) is 3.21. The second-order valence-corrected chi connectivity index (χ2v) is 6.71. The first-order valence-corrected chi connectivity index (χ1v) is 8.40. The predicted molar refractivity (Wildman–Crippen MR) is 93.2 cm³/mol. The maximum absolute atomic E-state index is 12.2. The van der Waals surface area contributed by atoms with Crippen molar-refractivity contribution in [1.82, 2.24) is 15.1 Å². The average molecular weight is 363 g/mol. The van der Waals surface area contributed by atoms with Crippen LogP contribution in [0.25, 0.3) is 0 Å². The fourth-order valence-corrected chi connectivity index (χ4v) is 3.02. The zero-order valence-electron chi connectivity index (χ0n) is 12.9. The van der Waals surface area contributed by atoms with Crippen molar-refractivity contribution in [3.63, 3.8) is 0 Å². The first-order chi connectivity index (χ1) is 11.6. The van der Waals surface area contributed by atoms with Gasteiger partial charge >= 0.3 is 0 Å². The first kappa shape index (κ1) is 16.6. The fourth-order valence-electron chi connectivity index (χ4n) is 2.08. The van der Waals surface area contributed by atoms with Gasteiger partial charge < -0.3 is 9.73 Å².